The summed E-state index contributed by atoms with van der Waals surface area (Å²) in [6.07, 6.45) is 0.975. The summed E-state index contributed by atoms with van der Waals surface area (Å²) in [6.45, 7) is -3.54. The van der Waals surface area contributed by atoms with E-state index in [1.165, 1.54) is 12.1 Å². The molecule has 25 heavy (non-hydrogen) atoms. The fraction of sp³-hybridized carbons (Fsp3) is 0.579. The van der Waals surface area contributed by atoms with Crippen molar-refractivity contribution < 1.29 is 21.0 Å². The van der Waals surface area contributed by atoms with Crippen LogP contribution in [-0.2, 0) is 11.3 Å². The molecular formula is C19H15FeNO4. The standard InChI is InChI=1S/C14H10NO4.C5H5.Fe/c16-9-13(10-4-1-2-5-10)14(17)11-6-3-7-12(8-11)15(18)19;1-2-4-5-3-1;/h1-9,13H;1-5H;. The molecule has 0 amide bonds. The van der Waals surface area contributed by atoms with Crippen LogP contribution in [-0.4, -0.2) is 17.0 Å². The number of Topliss-reactive ketones (excluding diaryl/α,β-unsaturated/α-hetero) is 1. The zero-order valence-electron chi connectivity index (χ0n) is 13.1. The van der Waals surface area contributed by atoms with E-state index >= 15 is 0 Å². The molecule has 10 aliphatic heterocycles. The molecule has 1 aromatic rings. The van der Waals surface area contributed by atoms with Gasteiger partial charge in [0.15, 0.2) is 0 Å². The summed E-state index contributed by atoms with van der Waals surface area (Å²) in [7, 11) is 0. The maximum absolute atomic E-state index is 13.4. The number of nitro groups is 1. The molecule has 0 aliphatic carbocycles. The summed E-state index contributed by atoms with van der Waals surface area (Å²) in [5, 5.41) is 11.1. The molecule has 0 radical (unpaired) electrons. The number of ketones is 1. The number of nitrogens with zero attached hydrogens (tertiary/aromatic N) is 1. The number of rotatable bonds is 5. The Morgan fingerprint density at radius 3 is 2.12 bits per heavy atom. The van der Waals surface area contributed by atoms with Crippen LogP contribution in [0.5, 0.6) is 0 Å². The third-order valence-corrected chi connectivity index (χ3v) is 59.7. The van der Waals surface area contributed by atoms with E-state index in [1.54, 1.807) is 12.1 Å². The number of carbonyl (C=O) groups excluding carboxylic acids is 2. The topological polar surface area (TPSA) is 77.3 Å². The van der Waals surface area contributed by atoms with Crippen molar-refractivity contribution in [3.63, 3.8) is 0 Å². The third-order valence-electron chi connectivity index (χ3n) is 17.0. The van der Waals surface area contributed by atoms with Crippen LogP contribution in [0.3, 0.4) is 0 Å². The number of aldehydes is 1. The molecule has 5 atom stereocenters. The number of benzene rings is 1. The Bertz CT molecular complexity index is 1390. The van der Waals surface area contributed by atoms with Gasteiger partial charge in [-0.15, -0.1) is 0 Å². The molecule has 0 bridgehead atoms. The first kappa shape index (κ1) is 10.6. The van der Waals surface area contributed by atoms with Gasteiger partial charge in [-0.05, 0) is 0 Å². The second kappa shape index (κ2) is 1.11. The summed E-state index contributed by atoms with van der Waals surface area (Å²) in [4.78, 5) is 45.4. The first-order valence-electron chi connectivity index (χ1n) is 9.27. The molecule has 1 aromatic carbocycles. The van der Waals surface area contributed by atoms with Crippen molar-refractivity contribution in [1.29, 1.82) is 0 Å². The van der Waals surface area contributed by atoms with Crippen LogP contribution < -0.4 is 0 Å². The van der Waals surface area contributed by atoms with Crippen molar-refractivity contribution in [1.82, 2.24) is 0 Å². The van der Waals surface area contributed by atoms with Crippen molar-refractivity contribution >= 4 is 17.8 Å². The zero-order valence-corrected chi connectivity index (χ0v) is 14.2. The second-order valence-corrected chi connectivity index (χ2v) is 36.1. The van der Waals surface area contributed by atoms with E-state index in [0.29, 0.717) is 5.56 Å². The first-order chi connectivity index (χ1) is 11.8. The molecule has 10 heterocycles. The average molecular weight is 377 g/mol. The molecule has 0 aromatic heterocycles. The van der Waals surface area contributed by atoms with Gasteiger partial charge in [-0.2, -0.15) is 0 Å². The number of hydrogen-bond acceptors (Lipinski definition) is 4. The second-order valence-electron chi connectivity index (χ2n) is 12.5. The van der Waals surface area contributed by atoms with Crippen LogP contribution in [0.2, 0.25) is 47.7 Å². The van der Waals surface area contributed by atoms with Crippen LogP contribution in [0.1, 0.15) is 10.4 Å². The monoisotopic (exact) mass is 377 g/mol. The fourth-order valence-electron chi connectivity index (χ4n) is 18.5. The molecule has 0 saturated carbocycles. The summed E-state index contributed by atoms with van der Waals surface area (Å²) < 4.78 is 0.183. The summed E-state index contributed by atoms with van der Waals surface area (Å²) in [6, 6.07) is 6.03. The van der Waals surface area contributed by atoms with E-state index in [0.717, 1.165) is 49.6 Å². The van der Waals surface area contributed by atoms with Crippen LogP contribution >= 0.6 is 0 Å². The van der Waals surface area contributed by atoms with E-state index < -0.39 is 17.4 Å². The van der Waals surface area contributed by atoms with Gasteiger partial charge in [0.05, 0.1) is 0 Å². The van der Waals surface area contributed by atoms with Crippen molar-refractivity contribution in [2.45, 2.75) is 47.7 Å². The van der Waals surface area contributed by atoms with Gasteiger partial charge in [0.1, 0.15) is 0 Å². The molecule has 10 aliphatic rings. The molecular weight excluding hydrogens is 362 g/mol. The van der Waals surface area contributed by atoms with Crippen LogP contribution in [0, 0.1) is 16.0 Å². The SMILES string of the molecule is O=CC(C(=O)c1cccc([N+](=O)[O-])c1)[C]12[CH]3[CH]4[CH]5[CH]1[Fe]45321678[CH]2[CH]1[CH]6[CH]7[CH]28. The van der Waals surface area contributed by atoms with E-state index in [2.05, 4.69) is 0 Å². The Balaban J connectivity index is 1.19. The van der Waals surface area contributed by atoms with Crippen molar-refractivity contribution in [3.8, 4) is 0 Å². The Hall–Kier alpha value is -1.52. The Kier molecular flexibility index (Phi) is 0.472. The van der Waals surface area contributed by atoms with E-state index in [1.807, 2.05) is 0 Å². The molecule has 5 nitrogen and oxygen atoms in total. The number of carbonyl (C=O) groups is 2. The minimum atomic E-state index is -3.54. The van der Waals surface area contributed by atoms with Gasteiger partial charge in [0.2, 0.25) is 0 Å². The van der Waals surface area contributed by atoms with Crippen LogP contribution in [0.15, 0.2) is 24.3 Å². The van der Waals surface area contributed by atoms with Crippen LogP contribution in [0.4, 0.5) is 5.69 Å². The van der Waals surface area contributed by atoms with E-state index in [4.69, 9.17) is 0 Å². The predicted octanol–water partition coefficient (Wildman–Crippen LogP) is 4.35. The van der Waals surface area contributed by atoms with Gasteiger partial charge in [0.25, 0.3) is 0 Å². The minimum absolute atomic E-state index is 0.0550. The summed E-state index contributed by atoms with van der Waals surface area (Å²) >= 11 is 0. The van der Waals surface area contributed by atoms with Gasteiger partial charge in [0, 0.05) is 0 Å². The molecule has 6 heteroatoms. The zero-order chi connectivity index (χ0) is 16.4. The first-order valence-corrected chi connectivity index (χ1v) is 15.6. The van der Waals surface area contributed by atoms with Crippen molar-refractivity contribution in [2.24, 2.45) is 5.92 Å². The molecule has 1 spiro atoms. The normalized spacial score (nSPS) is 85.5. The van der Waals surface area contributed by atoms with Crippen LogP contribution in [0.25, 0.3) is 0 Å². The predicted molar refractivity (Wildman–Crippen MR) is 83.4 cm³/mol. The van der Waals surface area contributed by atoms with Gasteiger partial charge in [-0.25, -0.2) is 0 Å². The van der Waals surface area contributed by atoms with Gasteiger partial charge in [-0.1, -0.05) is 0 Å². The Morgan fingerprint density at radius 1 is 1.12 bits per heavy atom. The Morgan fingerprint density at radius 2 is 1.72 bits per heavy atom. The number of fused-ring (bicyclic) bond motifs is 10. The number of nitro benzene ring substituents is 1. The molecule has 0 N–H and O–H groups in total. The van der Waals surface area contributed by atoms with Crippen molar-refractivity contribution in [3.05, 3.63) is 39.9 Å². The number of non-ortho nitro benzene ring substituents is 1. The molecule has 5 unspecified atom stereocenters. The molecule has 11 rings (SSSR count). The third kappa shape index (κ3) is 0.162. The molecule has 128 valence electrons. The summed E-state index contributed by atoms with van der Waals surface area (Å²) in [5.74, 6) is -0.574. The quantitative estimate of drug-likeness (QED) is 0.191. The fourth-order valence-corrected chi connectivity index (χ4v) is 93.5. The molecule has 10 saturated heterocycles. The van der Waals surface area contributed by atoms with Gasteiger partial charge < -0.3 is 0 Å². The van der Waals surface area contributed by atoms with Gasteiger partial charge in [-0.3, -0.25) is 0 Å². The van der Waals surface area contributed by atoms with Crippen molar-refractivity contribution in [2.75, 3.05) is 0 Å². The number of hydrogen-bond donors (Lipinski definition) is 0. The summed E-state index contributed by atoms with van der Waals surface area (Å²) in [5.41, 5.74) is 0.322. The maximum atomic E-state index is 13.4. The van der Waals surface area contributed by atoms with Gasteiger partial charge >= 0.3 is 132 Å². The van der Waals surface area contributed by atoms with E-state index in [9.17, 15) is 19.7 Å². The van der Waals surface area contributed by atoms with E-state index in [-0.39, 0.29) is 15.8 Å². The molecule has 10 fully saturated rings. The average Bonchev–Trinajstić information content (AvgIpc) is 3.55. The Labute approximate surface area is 132 Å².